The van der Waals surface area contributed by atoms with Crippen LogP contribution in [0.3, 0.4) is 0 Å². The molecular weight excluding hydrogens is 478 g/mol. The first-order valence-electron chi connectivity index (χ1n) is 10.4. The Hall–Kier alpha value is -2.82. The van der Waals surface area contributed by atoms with Gasteiger partial charge < -0.3 is 9.73 Å². The number of nitrogens with zero attached hydrogens (tertiary/aromatic N) is 2. The Bertz CT molecular complexity index is 1230. The van der Waals surface area contributed by atoms with Crippen molar-refractivity contribution in [1.82, 2.24) is 10.3 Å². The molecule has 1 unspecified atom stereocenters. The van der Waals surface area contributed by atoms with Crippen LogP contribution >= 0.6 is 22.7 Å². The molecule has 33 heavy (non-hydrogen) atoms. The van der Waals surface area contributed by atoms with E-state index in [1.165, 1.54) is 22.7 Å². The van der Waals surface area contributed by atoms with Crippen molar-refractivity contribution in [2.24, 2.45) is 0 Å². The average molecular weight is 502 g/mol. The molecule has 3 aromatic heterocycles. The van der Waals surface area contributed by atoms with Crippen LogP contribution in [0.25, 0.3) is 22.4 Å². The van der Waals surface area contributed by atoms with Gasteiger partial charge in [0.05, 0.1) is 4.88 Å². The highest BCUT2D eigenvalue weighted by Crippen LogP contribution is 2.32. The number of amides is 2. The van der Waals surface area contributed by atoms with E-state index < -0.39 is 10.8 Å². The highest BCUT2D eigenvalue weighted by Gasteiger charge is 2.22. The quantitative estimate of drug-likeness (QED) is 0.344. The second kappa shape index (κ2) is 10.9. The third-order valence-electron chi connectivity index (χ3n) is 4.88. The zero-order chi connectivity index (χ0) is 23.2. The van der Waals surface area contributed by atoms with Crippen LogP contribution in [0, 0.1) is 0 Å². The SMILES string of the molecule is CS(=O)CCNC(=O)CCCN(C(=O)c1cccs1)c1nc(-c2cc3ccccc3o2)cs1. The number of thiazole rings is 1. The van der Waals surface area contributed by atoms with Gasteiger partial charge in [0.15, 0.2) is 10.9 Å². The monoisotopic (exact) mass is 501 g/mol. The van der Waals surface area contributed by atoms with Crippen LogP contribution in [0.15, 0.2) is 57.6 Å². The predicted molar refractivity (Wildman–Crippen MR) is 134 cm³/mol. The molecule has 10 heteroatoms. The van der Waals surface area contributed by atoms with Crippen LogP contribution in [0.1, 0.15) is 22.5 Å². The number of furan rings is 1. The van der Waals surface area contributed by atoms with Crippen molar-refractivity contribution in [3.05, 3.63) is 58.1 Å². The highest BCUT2D eigenvalue weighted by molar-refractivity contribution is 7.84. The third-order valence-corrected chi connectivity index (χ3v) is 7.38. The number of fused-ring (bicyclic) bond motifs is 1. The summed E-state index contributed by atoms with van der Waals surface area (Å²) in [6.07, 6.45) is 2.36. The molecule has 1 aromatic carbocycles. The fourth-order valence-electron chi connectivity index (χ4n) is 3.25. The fraction of sp³-hybridized carbons (Fsp3) is 0.261. The summed E-state index contributed by atoms with van der Waals surface area (Å²) in [5, 5.41) is 8.05. The van der Waals surface area contributed by atoms with Crippen LogP contribution in [0.2, 0.25) is 0 Å². The van der Waals surface area contributed by atoms with E-state index in [0.29, 0.717) is 46.7 Å². The Morgan fingerprint density at radius 1 is 1.18 bits per heavy atom. The lowest BCUT2D eigenvalue weighted by Gasteiger charge is -2.19. The number of carbonyl (C=O) groups is 2. The molecule has 1 N–H and O–H groups in total. The van der Waals surface area contributed by atoms with Gasteiger partial charge in [0, 0.05) is 53.1 Å². The van der Waals surface area contributed by atoms with Crippen molar-refractivity contribution in [2.75, 3.05) is 30.0 Å². The van der Waals surface area contributed by atoms with E-state index in [0.717, 1.165) is 11.0 Å². The first-order valence-corrected chi connectivity index (χ1v) is 13.9. The Kier molecular flexibility index (Phi) is 7.69. The molecule has 0 saturated heterocycles. The van der Waals surface area contributed by atoms with Crippen molar-refractivity contribution in [3.8, 4) is 11.5 Å². The van der Waals surface area contributed by atoms with Gasteiger partial charge >= 0.3 is 0 Å². The summed E-state index contributed by atoms with van der Waals surface area (Å²) >= 11 is 2.74. The number of aromatic nitrogens is 1. The Labute approximate surface area is 201 Å². The van der Waals surface area contributed by atoms with E-state index in [4.69, 9.17) is 4.42 Å². The molecule has 0 fully saturated rings. The smallest absolute Gasteiger partial charge is 0.270 e. The van der Waals surface area contributed by atoms with E-state index in [1.54, 1.807) is 17.2 Å². The average Bonchev–Trinajstić information content (AvgIpc) is 3.56. The molecule has 7 nitrogen and oxygen atoms in total. The molecule has 0 aliphatic heterocycles. The van der Waals surface area contributed by atoms with E-state index in [1.807, 2.05) is 47.2 Å². The molecular formula is C23H23N3O4S3. The lowest BCUT2D eigenvalue weighted by molar-refractivity contribution is -0.121. The Balaban J connectivity index is 1.47. The minimum Gasteiger partial charge on any atom is -0.454 e. The van der Waals surface area contributed by atoms with E-state index in [9.17, 15) is 13.8 Å². The molecule has 0 radical (unpaired) electrons. The van der Waals surface area contributed by atoms with E-state index in [2.05, 4.69) is 10.3 Å². The lowest BCUT2D eigenvalue weighted by Crippen LogP contribution is -2.33. The van der Waals surface area contributed by atoms with Gasteiger partial charge in [-0.15, -0.1) is 22.7 Å². The van der Waals surface area contributed by atoms with Gasteiger partial charge in [0.2, 0.25) is 5.91 Å². The molecule has 3 heterocycles. The van der Waals surface area contributed by atoms with Crippen molar-refractivity contribution in [2.45, 2.75) is 12.8 Å². The van der Waals surface area contributed by atoms with Crippen molar-refractivity contribution in [1.29, 1.82) is 0 Å². The molecule has 0 bridgehead atoms. The predicted octanol–water partition coefficient (Wildman–Crippen LogP) is 4.54. The van der Waals surface area contributed by atoms with Gasteiger partial charge in [0.25, 0.3) is 5.91 Å². The largest absolute Gasteiger partial charge is 0.454 e. The lowest BCUT2D eigenvalue weighted by atomic mass is 10.2. The van der Waals surface area contributed by atoms with Crippen molar-refractivity contribution < 1.29 is 18.2 Å². The summed E-state index contributed by atoms with van der Waals surface area (Å²) in [5.41, 5.74) is 1.45. The number of carbonyl (C=O) groups excluding carboxylic acids is 2. The zero-order valence-electron chi connectivity index (χ0n) is 18.0. The summed E-state index contributed by atoms with van der Waals surface area (Å²) in [6, 6.07) is 13.3. The van der Waals surface area contributed by atoms with Gasteiger partial charge in [-0.2, -0.15) is 0 Å². The summed E-state index contributed by atoms with van der Waals surface area (Å²) in [7, 11) is -0.943. The first-order chi connectivity index (χ1) is 16.0. The number of anilines is 1. The first kappa shape index (κ1) is 23.3. The third kappa shape index (κ3) is 5.95. The van der Waals surface area contributed by atoms with Crippen LogP contribution in [0.4, 0.5) is 5.13 Å². The van der Waals surface area contributed by atoms with E-state index >= 15 is 0 Å². The van der Waals surface area contributed by atoms with Gasteiger partial charge in [-0.25, -0.2) is 4.98 Å². The summed E-state index contributed by atoms with van der Waals surface area (Å²) < 4.78 is 17.0. The molecule has 4 rings (SSSR count). The van der Waals surface area contributed by atoms with Gasteiger partial charge in [-0.3, -0.25) is 18.7 Å². The van der Waals surface area contributed by atoms with Crippen LogP contribution in [-0.2, 0) is 15.6 Å². The van der Waals surface area contributed by atoms with Crippen molar-refractivity contribution >= 4 is 61.4 Å². The minimum atomic E-state index is -0.943. The molecule has 0 spiro atoms. The number of hydrogen-bond acceptors (Lipinski definition) is 7. The van der Waals surface area contributed by atoms with Gasteiger partial charge in [-0.1, -0.05) is 24.3 Å². The number of thiophene rings is 1. The summed E-state index contributed by atoms with van der Waals surface area (Å²) in [4.78, 5) is 32.2. The zero-order valence-corrected chi connectivity index (χ0v) is 20.4. The van der Waals surface area contributed by atoms with Gasteiger partial charge in [0.1, 0.15) is 11.3 Å². The summed E-state index contributed by atoms with van der Waals surface area (Å²) in [6.45, 7) is 0.740. The van der Waals surface area contributed by atoms with Crippen LogP contribution in [-0.4, -0.2) is 46.1 Å². The van der Waals surface area contributed by atoms with Crippen molar-refractivity contribution in [3.63, 3.8) is 0 Å². The second-order valence-electron chi connectivity index (χ2n) is 7.33. The molecule has 0 aliphatic rings. The number of para-hydroxylation sites is 1. The van der Waals surface area contributed by atoms with Gasteiger partial charge in [-0.05, 0) is 30.0 Å². The number of benzene rings is 1. The van der Waals surface area contributed by atoms with Crippen LogP contribution < -0.4 is 10.2 Å². The minimum absolute atomic E-state index is 0.119. The maximum Gasteiger partial charge on any atom is 0.270 e. The molecule has 0 aliphatic carbocycles. The Morgan fingerprint density at radius 2 is 2.03 bits per heavy atom. The normalized spacial score (nSPS) is 12.0. The Morgan fingerprint density at radius 3 is 2.79 bits per heavy atom. The highest BCUT2D eigenvalue weighted by atomic mass is 32.2. The molecule has 172 valence electrons. The second-order valence-corrected chi connectivity index (χ2v) is 10.7. The topological polar surface area (TPSA) is 92.5 Å². The number of rotatable bonds is 10. The standard InChI is InChI=1S/C23H23N3O4S3/c1-33(29)13-10-24-21(27)9-4-11-26(22(28)20-8-5-12-31-20)23-25-17(15-32-23)19-14-16-6-2-3-7-18(16)30-19/h2-3,5-8,12,14-15H,4,9-11,13H2,1H3,(H,24,27). The summed E-state index contributed by atoms with van der Waals surface area (Å²) in [5.74, 6) is 0.816. The molecule has 2 amide bonds. The molecule has 1 atom stereocenters. The number of nitrogens with one attached hydrogen (secondary N) is 1. The van der Waals surface area contributed by atoms with Crippen LogP contribution in [0.5, 0.6) is 0 Å². The maximum absolute atomic E-state index is 13.2. The maximum atomic E-state index is 13.2. The molecule has 4 aromatic rings. The van der Waals surface area contributed by atoms with E-state index in [-0.39, 0.29) is 18.2 Å². The number of hydrogen-bond donors (Lipinski definition) is 1. The fourth-order valence-corrected chi connectivity index (χ4v) is 5.15. The molecule has 0 saturated carbocycles.